The molecular formula is C17H17FN4O2S. The number of hydrogen-bond acceptors (Lipinski definition) is 5. The molecule has 0 radical (unpaired) electrons. The number of imidazole rings is 1. The average Bonchev–Trinajstić information content (AvgIpc) is 2.96. The lowest BCUT2D eigenvalue weighted by Crippen LogP contribution is -2.15. The average molecular weight is 360 g/mol. The summed E-state index contributed by atoms with van der Waals surface area (Å²) < 4.78 is 20.2. The lowest BCUT2D eigenvalue weighted by molar-refractivity contribution is -0.113. The SMILES string of the molecule is COCCn1c(SCC(=O)Nc2cccc(F)c2)nc2cccnc21. The van der Waals surface area contributed by atoms with Gasteiger partial charge in [0, 0.05) is 19.0 Å². The van der Waals surface area contributed by atoms with Crippen LogP contribution < -0.4 is 5.32 Å². The summed E-state index contributed by atoms with van der Waals surface area (Å²) in [4.78, 5) is 21.0. The van der Waals surface area contributed by atoms with Gasteiger partial charge in [0.15, 0.2) is 10.8 Å². The van der Waals surface area contributed by atoms with Gasteiger partial charge in [-0.2, -0.15) is 0 Å². The standard InChI is InChI=1S/C17H17FN4O2S/c1-24-9-8-22-16-14(6-3-7-19-16)21-17(22)25-11-15(23)20-13-5-2-4-12(18)10-13/h2-7,10H,8-9,11H2,1H3,(H,20,23). The second kappa shape index (κ2) is 8.09. The summed E-state index contributed by atoms with van der Waals surface area (Å²) >= 11 is 1.31. The summed E-state index contributed by atoms with van der Waals surface area (Å²) in [5.74, 6) is -0.459. The zero-order valence-corrected chi connectivity index (χ0v) is 14.4. The van der Waals surface area contributed by atoms with Crippen molar-refractivity contribution in [3.05, 3.63) is 48.4 Å². The number of rotatable bonds is 7. The van der Waals surface area contributed by atoms with E-state index >= 15 is 0 Å². The Balaban J connectivity index is 1.70. The minimum atomic E-state index is -0.391. The van der Waals surface area contributed by atoms with Gasteiger partial charge in [0.05, 0.1) is 18.9 Å². The van der Waals surface area contributed by atoms with E-state index in [2.05, 4.69) is 15.3 Å². The van der Waals surface area contributed by atoms with Gasteiger partial charge in [0.1, 0.15) is 11.3 Å². The normalized spacial score (nSPS) is 11.0. The predicted molar refractivity (Wildman–Crippen MR) is 95.2 cm³/mol. The van der Waals surface area contributed by atoms with Crippen molar-refractivity contribution in [1.29, 1.82) is 0 Å². The molecule has 2 heterocycles. The van der Waals surface area contributed by atoms with Gasteiger partial charge in [-0.15, -0.1) is 0 Å². The molecule has 0 unspecified atom stereocenters. The van der Waals surface area contributed by atoms with Crippen molar-refractivity contribution in [2.24, 2.45) is 0 Å². The number of anilines is 1. The molecule has 0 spiro atoms. The smallest absolute Gasteiger partial charge is 0.234 e. The number of amides is 1. The van der Waals surface area contributed by atoms with E-state index < -0.39 is 5.82 Å². The highest BCUT2D eigenvalue weighted by atomic mass is 32.2. The van der Waals surface area contributed by atoms with Gasteiger partial charge in [0.2, 0.25) is 5.91 Å². The van der Waals surface area contributed by atoms with Crippen LogP contribution >= 0.6 is 11.8 Å². The number of aromatic nitrogens is 3. The van der Waals surface area contributed by atoms with Crippen LogP contribution in [0.2, 0.25) is 0 Å². The number of ether oxygens (including phenoxy) is 1. The van der Waals surface area contributed by atoms with Crippen LogP contribution in [0.1, 0.15) is 0 Å². The Morgan fingerprint density at radius 1 is 1.36 bits per heavy atom. The molecule has 0 fully saturated rings. The lowest BCUT2D eigenvalue weighted by Gasteiger charge is -2.08. The maximum atomic E-state index is 13.2. The molecule has 0 saturated heterocycles. The number of fused-ring (bicyclic) bond motifs is 1. The van der Waals surface area contributed by atoms with Gasteiger partial charge in [-0.05, 0) is 30.3 Å². The van der Waals surface area contributed by atoms with Gasteiger partial charge >= 0.3 is 0 Å². The highest BCUT2D eigenvalue weighted by Gasteiger charge is 2.14. The minimum Gasteiger partial charge on any atom is -0.383 e. The summed E-state index contributed by atoms with van der Waals surface area (Å²) in [6.07, 6.45) is 1.71. The summed E-state index contributed by atoms with van der Waals surface area (Å²) in [6, 6.07) is 9.50. The number of thioether (sulfide) groups is 1. The first kappa shape index (κ1) is 17.4. The van der Waals surface area contributed by atoms with Crippen molar-refractivity contribution in [2.45, 2.75) is 11.7 Å². The number of hydrogen-bond donors (Lipinski definition) is 1. The van der Waals surface area contributed by atoms with Crippen LogP contribution in [-0.4, -0.2) is 39.9 Å². The molecule has 1 amide bonds. The Hall–Kier alpha value is -2.45. The van der Waals surface area contributed by atoms with Crippen LogP contribution in [-0.2, 0) is 16.1 Å². The number of carbonyl (C=O) groups excluding carboxylic acids is 1. The maximum Gasteiger partial charge on any atom is 0.234 e. The fraction of sp³-hybridized carbons (Fsp3) is 0.235. The molecule has 3 aromatic rings. The van der Waals surface area contributed by atoms with E-state index in [1.54, 1.807) is 25.4 Å². The number of methoxy groups -OCH3 is 1. The van der Waals surface area contributed by atoms with Crippen LogP contribution in [0.5, 0.6) is 0 Å². The Bertz CT molecular complexity index is 884. The molecule has 1 N–H and O–H groups in total. The number of pyridine rings is 1. The third-order valence-electron chi connectivity index (χ3n) is 3.43. The molecular weight excluding hydrogens is 343 g/mol. The fourth-order valence-corrected chi connectivity index (χ4v) is 3.15. The minimum absolute atomic E-state index is 0.160. The van der Waals surface area contributed by atoms with Crippen molar-refractivity contribution in [1.82, 2.24) is 14.5 Å². The summed E-state index contributed by atoms with van der Waals surface area (Å²) in [5, 5.41) is 3.37. The molecule has 0 aliphatic carbocycles. The zero-order valence-electron chi connectivity index (χ0n) is 13.6. The van der Waals surface area contributed by atoms with Crippen molar-refractivity contribution >= 4 is 34.5 Å². The van der Waals surface area contributed by atoms with Crippen molar-refractivity contribution in [3.63, 3.8) is 0 Å². The molecule has 3 rings (SSSR count). The molecule has 130 valence electrons. The Morgan fingerprint density at radius 3 is 3.04 bits per heavy atom. The lowest BCUT2D eigenvalue weighted by atomic mass is 10.3. The second-order valence-corrected chi connectivity index (χ2v) is 6.17. The molecule has 1 aromatic carbocycles. The van der Waals surface area contributed by atoms with Crippen LogP contribution in [0.15, 0.2) is 47.8 Å². The third kappa shape index (κ3) is 4.34. The van der Waals surface area contributed by atoms with E-state index in [0.29, 0.717) is 24.0 Å². The molecule has 6 nitrogen and oxygen atoms in total. The molecule has 2 aromatic heterocycles. The van der Waals surface area contributed by atoms with Crippen molar-refractivity contribution < 1.29 is 13.9 Å². The van der Waals surface area contributed by atoms with E-state index in [1.165, 1.54) is 23.9 Å². The first-order valence-electron chi connectivity index (χ1n) is 7.66. The van der Waals surface area contributed by atoms with Crippen LogP contribution in [0.25, 0.3) is 11.2 Å². The summed E-state index contributed by atoms with van der Waals surface area (Å²) in [7, 11) is 1.63. The second-order valence-electron chi connectivity index (χ2n) is 5.23. The van der Waals surface area contributed by atoms with E-state index in [-0.39, 0.29) is 11.7 Å². The fourth-order valence-electron chi connectivity index (χ4n) is 2.33. The number of halogens is 1. The van der Waals surface area contributed by atoms with E-state index in [4.69, 9.17) is 4.74 Å². The Kier molecular flexibility index (Phi) is 5.62. The van der Waals surface area contributed by atoms with E-state index in [9.17, 15) is 9.18 Å². The summed E-state index contributed by atoms with van der Waals surface area (Å²) in [5.41, 5.74) is 1.96. The molecule has 25 heavy (non-hydrogen) atoms. The highest BCUT2D eigenvalue weighted by Crippen LogP contribution is 2.23. The highest BCUT2D eigenvalue weighted by molar-refractivity contribution is 7.99. The predicted octanol–water partition coefficient (Wildman–Crippen LogP) is 2.95. The Morgan fingerprint density at radius 2 is 2.24 bits per heavy atom. The van der Waals surface area contributed by atoms with Crippen LogP contribution in [0.4, 0.5) is 10.1 Å². The third-order valence-corrected chi connectivity index (χ3v) is 4.40. The van der Waals surface area contributed by atoms with Crippen molar-refractivity contribution in [3.8, 4) is 0 Å². The first-order valence-corrected chi connectivity index (χ1v) is 8.64. The largest absolute Gasteiger partial charge is 0.383 e. The van der Waals surface area contributed by atoms with Crippen molar-refractivity contribution in [2.75, 3.05) is 24.8 Å². The number of nitrogens with zero attached hydrogens (tertiary/aromatic N) is 3. The molecule has 0 aliphatic rings. The Labute approximate surface area is 148 Å². The van der Waals surface area contributed by atoms with Gasteiger partial charge in [-0.1, -0.05) is 17.8 Å². The maximum absolute atomic E-state index is 13.2. The van der Waals surface area contributed by atoms with Gasteiger partial charge in [0.25, 0.3) is 0 Å². The molecule has 0 bridgehead atoms. The number of benzene rings is 1. The topological polar surface area (TPSA) is 69.0 Å². The van der Waals surface area contributed by atoms with E-state index in [1.807, 2.05) is 16.7 Å². The zero-order chi connectivity index (χ0) is 17.6. The number of carbonyl (C=O) groups is 1. The van der Waals surface area contributed by atoms with Gasteiger partial charge in [-0.25, -0.2) is 14.4 Å². The van der Waals surface area contributed by atoms with E-state index in [0.717, 1.165) is 11.2 Å². The van der Waals surface area contributed by atoms with Gasteiger partial charge < -0.3 is 14.6 Å². The molecule has 0 aliphatic heterocycles. The monoisotopic (exact) mass is 360 g/mol. The number of nitrogens with one attached hydrogen (secondary N) is 1. The quantitative estimate of drug-likeness (QED) is 0.656. The van der Waals surface area contributed by atoms with Crippen LogP contribution in [0.3, 0.4) is 0 Å². The van der Waals surface area contributed by atoms with Crippen LogP contribution in [0, 0.1) is 5.82 Å². The molecule has 0 atom stereocenters. The summed E-state index contributed by atoms with van der Waals surface area (Å²) in [6.45, 7) is 1.11. The first-order chi connectivity index (χ1) is 12.2. The van der Waals surface area contributed by atoms with Gasteiger partial charge in [-0.3, -0.25) is 4.79 Å². The molecule has 8 heteroatoms. The molecule has 0 saturated carbocycles.